The van der Waals surface area contributed by atoms with Crippen molar-refractivity contribution in [1.29, 1.82) is 0 Å². The maximum atomic E-state index is 5.73. The summed E-state index contributed by atoms with van der Waals surface area (Å²) in [5.41, 5.74) is 0. The SMILES string of the molecule is Clc1cncc(Oc2nc(Cl)nc(Cl)n2)c1. The predicted molar refractivity (Wildman–Crippen MR) is 59.2 cm³/mol. The number of rotatable bonds is 2. The van der Waals surface area contributed by atoms with Crippen LogP contribution in [0.3, 0.4) is 0 Å². The average molecular weight is 277 g/mol. The molecule has 2 aromatic rings. The molecule has 5 nitrogen and oxygen atoms in total. The molecular weight excluding hydrogens is 274 g/mol. The van der Waals surface area contributed by atoms with Gasteiger partial charge in [-0.25, -0.2) is 0 Å². The van der Waals surface area contributed by atoms with Gasteiger partial charge in [-0.2, -0.15) is 15.0 Å². The third kappa shape index (κ3) is 2.91. The number of hydrogen-bond donors (Lipinski definition) is 0. The molecule has 0 N–H and O–H groups in total. The summed E-state index contributed by atoms with van der Waals surface area (Å²) < 4.78 is 5.24. The Morgan fingerprint density at radius 2 is 1.62 bits per heavy atom. The highest BCUT2D eigenvalue weighted by atomic mass is 35.5. The normalized spacial score (nSPS) is 10.2. The molecule has 0 fully saturated rings. The van der Waals surface area contributed by atoms with E-state index in [1.165, 1.54) is 12.4 Å². The Balaban J connectivity index is 2.27. The summed E-state index contributed by atoms with van der Waals surface area (Å²) in [6.07, 6.45) is 2.93. The number of halogens is 3. The lowest BCUT2D eigenvalue weighted by atomic mass is 10.5. The maximum Gasteiger partial charge on any atom is 0.327 e. The smallest absolute Gasteiger partial charge is 0.327 e. The molecule has 16 heavy (non-hydrogen) atoms. The number of pyridine rings is 1. The van der Waals surface area contributed by atoms with E-state index in [4.69, 9.17) is 39.5 Å². The van der Waals surface area contributed by atoms with Crippen LogP contribution in [0.15, 0.2) is 18.5 Å². The van der Waals surface area contributed by atoms with E-state index < -0.39 is 0 Å². The number of ether oxygens (including phenoxy) is 1. The first-order valence-electron chi connectivity index (χ1n) is 3.99. The van der Waals surface area contributed by atoms with Crippen LogP contribution in [0, 0.1) is 0 Å². The van der Waals surface area contributed by atoms with Gasteiger partial charge in [-0.3, -0.25) is 4.98 Å². The zero-order chi connectivity index (χ0) is 11.5. The second-order valence-electron chi connectivity index (χ2n) is 2.60. The fraction of sp³-hybridized carbons (Fsp3) is 0. The van der Waals surface area contributed by atoms with Crippen LogP contribution in [0.5, 0.6) is 11.8 Å². The van der Waals surface area contributed by atoms with Gasteiger partial charge in [0.15, 0.2) is 5.75 Å². The van der Waals surface area contributed by atoms with E-state index in [0.717, 1.165) is 0 Å². The molecule has 2 heterocycles. The van der Waals surface area contributed by atoms with Gasteiger partial charge < -0.3 is 4.74 Å². The molecule has 0 aliphatic heterocycles. The molecule has 0 unspecified atom stereocenters. The summed E-state index contributed by atoms with van der Waals surface area (Å²) in [5, 5.41) is 0.332. The summed E-state index contributed by atoms with van der Waals surface area (Å²) in [5.74, 6) is 0.380. The minimum Gasteiger partial charge on any atom is -0.422 e. The maximum absolute atomic E-state index is 5.73. The van der Waals surface area contributed by atoms with Gasteiger partial charge >= 0.3 is 6.01 Å². The van der Waals surface area contributed by atoms with Crippen molar-refractivity contribution in [3.63, 3.8) is 0 Å². The topological polar surface area (TPSA) is 60.8 Å². The second kappa shape index (κ2) is 4.78. The van der Waals surface area contributed by atoms with E-state index in [0.29, 0.717) is 10.8 Å². The van der Waals surface area contributed by atoms with E-state index in [-0.39, 0.29) is 16.6 Å². The summed E-state index contributed by atoms with van der Waals surface area (Å²) in [7, 11) is 0. The van der Waals surface area contributed by atoms with Crippen molar-refractivity contribution in [2.24, 2.45) is 0 Å². The summed E-state index contributed by atoms with van der Waals surface area (Å²) in [4.78, 5) is 14.9. The van der Waals surface area contributed by atoms with Gasteiger partial charge in [0.25, 0.3) is 0 Å². The van der Waals surface area contributed by atoms with Crippen molar-refractivity contribution >= 4 is 34.8 Å². The Bertz CT molecular complexity index is 502. The summed E-state index contributed by atoms with van der Waals surface area (Å²) in [6.45, 7) is 0. The Morgan fingerprint density at radius 1 is 0.938 bits per heavy atom. The van der Waals surface area contributed by atoms with Crippen LogP contribution in [0.25, 0.3) is 0 Å². The fourth-order valence-electron chi connectivity index (χ4n) is 0.908. The van der Waals surface area contributed by atoms with Crippen LogP contribution < -0.4 is 4.74 Å². The molecule has 0 aliphatic rings. The molecule has 0 saturated heterocycles. The highest BCUT2D eigenvalue weighted by Crippen LogP contribution is 2.21. The Hall–Kier alpha value is -1.17. The van der Waals surface area contributed by atoms with Crippen molar-refractivity contribution in [2.75, 3.05) is 0 Å². The second-order valence-corrected chi connectivity index (χ2v) is 3.71. The molecule has 0 amide bonds. The average Bonchev–Trinajstić information content (AvgIpc) is 2.15. The third-order valence-corrected chi connectivity index (χ3v) is 1.99. The number of aromatic nitrogens is 4. The van der Waals surface area contributed by atoms with Crippen LogP contribution in [0.1, 0.15) is 0 Å². The van der Waals surface area contributed by atoms with Gasteiger partial charge in [0, 0.05) is 12.3 Å². The minimum absolute atomic E-state index is 0.0194. The standard InChI is InChI=1S/C8H3Cl3N4O/c9-4-1-5(3-12-2-4)16-8-14-6(10)13-7(11)15-8/h1-3H. The Labute approximate surface area is 105 Å². The van der Waals surface area contributed by atoms with Crippen LogP contribution in [-0.2, 0) is 0 Å². The molecule has 0 radical (unpaired) electrons. The van der Waals surface area contributed by atoms with Crippen LogP contribution in [-0.4, -0.2) is 19.9 Å². The zero-order valence-electron chi connectivity index (χ0n) is 7.56. The fourth-order valence-corrected chi connectivity index (χ4v) is 1.42. The highest BCUT2D eigenvalue weighted by molar-refractivity contribution is 6.31. The lowest BCUT2D eigenvalue weighted by Gasteiger charge is -2.03. The molecule has 2 rings (SSSR count). The first kappa shape index (κ1) is 11.3. The zero-order valence-corrected chi connectivity index (χ0v) is 9.83. The number of hydrogen-bond acceptors (Lipinski definition) is 5. The molecule has 0 atom stereocenters. The lowest BCUT2D eigenvalue weighted by Crippen LogP contribution is -1.95. The molecule has 0 saturated carbocycles. The van der Waals surface area contributed by atoms with Gasteiger partial charge in [0.2, 0.25) is 10.6 Å². The van der Waals surface area contributed by atoms with E-state index in [9.17, 15) is 0 Å². The van der Waals surface area contributed by atoms with Crippen molar-refractivity contribution in [3.8, 4) is 11.8 Å². The van der Waals surface area contributed by atoms with Crippen molar-refractivity contribution in [3.05, 3.63) is 34.0 Å². The van der Waals surface area contributed by atoms with E-state index in [2.05, 4.69) is 19.9 Å². The molecular formula is C8H3Cl3N4O. The van der Waals surface area contributed by atoms with Gasteiger partial charge in [-0.05, 0) is 23.2 Å². The van der Waals surface area contributed by atoms with Crippen LogP contribution in [0.4, 0.5) is 0 Å². The molecule has 8 heteroatoms. The molecule has 0 bridgehead atoms. The molecule has 2 aromatic heterocycles. The van der Waals surface area contributed by atoms with Gasteiger partial charge in [0.1, 0.15) is 0 Å². The van der Waals surface area contributed by atoms with E-state index in [1.807, 2.05) is 0 Å². The Kier molecular flexibility index (Phi) is 3.38. The molecule has 0 spiro atoms. The minimum atomic E-state index is -0.0509. The first-order chi connectivity index (χ1) is 7.63. The van der Waals surface area contributed by atoms with Crippen molar-refractivity contribution in [2.45, 2.75) is 0 Å². The predicted octanol–water partition coefficient (Wildman–Crippen LogP) is 3.02. The molecule has 82 valence electrons. The first-order valence-corrected chi connectivity index (χ1v) is 5.12. The summed E-state index contributed by atoms with van der Waals surface area (Å²) in [6, 6.07) is 1.54. The number of nitrogens with zero attached hydrogens (tertiary/aromatic N) is 4. The largest absolute Gasteiger partial charge is 0.422 e. The van der Waals surface area contributed by atoms with Crippen molar-refractivity contribution < 1.29 is 4.74 Å². The van der Waals surface area contributed by atoms with Crippen LogP contribution in [0.2, 0.25) is 15.6 Å². The van der Waals surface area contributed by atoms with Crippen molar-refractivity contribution in [1.82, 2.24) is 19.9 Å². The molecule has 0 aromatic carbocycles. The Morgan fingerprint density at radius 3 is 2.25 bits per heavy atom. The highest BCUT2D eigenvalue weighted by Gasteiger charge is 2.06. The summed E-state index contributed by atoms with van der Waals surface area (Å²) >= 11 is 16.9. The van der Waals surface area contributed by atoms with Gasteiger partial charge in [-0.1, -0.05) is 11.6 Å². The monoisotopic (exact) mass is 276 g/mol. The van der Waals surface area contributed by atoms with Gasteiger partial charge in [0.05, 0.1) is 11.2 Å². The van der Waals surface area contributed by atoms with Gasteiger partial charge in [-0.15, -0.1) is 0 Å². The quantitative estimate of drug-likeness (QED) is 0.844. The molecule has 0 aliphatic carbocycles. The van der Waals surface area contributed by atoms with Crippen LogP contribution >= 0.6 is 34.8 Å². The van der Waals surface area contributed by atoms with E-state index in [1.54, 1.807) is 6.07 Å². The third-order valence-electron chi connectivity index (χ3n) is 1.45. The lowest BCUT2D eigenvalue weighted by molar-refractivity contribution is 0.437. The van der Waals surface area contributed by atoms with E-state index >= 15 is 0 Å².